The second kappa shape index (κ2) is 4.63. The molecule has 1 heterocycles. The highest BCUT2D eigenvalue weighted by atomic mass is 35.5. The lowest BCUT2D eigenvalue weighted by Crippen LogP contribution is -2.14. The Bertz CT molecular complexity index is 566. The summed E-state index contributed by atoms with van der Waals surface area (Å²) in [6.45, 7) is 0.512. The summed E-state index contributed by atoms with van der Waals surface area (Å²) in [6, 6.07) is 13.8. The highest BCUT2D eigenvalue weighted by Crippen LogP contribution is 2.40. The number of rotatable bonds is 1. The molecule has 1 unspecified atom stereocenters. The fourth-order valence-electron chi connectivity index (χ4n) is 2.24. The summed E-state index contributed by atoms with van der Waals surface area (Å²) in [6.07, 6.45) is 0.122. The molecule has 0 radical (unpaired) electrons. The first-order valence-electron chi connectivity index (χ1n) is 5.95. The Hall–Kier alpha value is -1.51. The average Bonchev–Trinajstić information content (AvgIpc) is 2.41. The van der Waals surface area contributed by atoms with Crippen LogP contribution in [0.15, 0.2) is 42.5 Å². The SMILES string of the molecule is OC1CCOc2c(Cl)cc(-c3ccccc3)cc21. The minimum atomic E-state index is -0.491. The van der Waals surface area contributed by atoms with E-state index in [0.29, 0.717) is 23.8 Å². The summed E-state index contributed by atoms with van der Waals surface area (Å²) in [5, 5.41) is 10.6. The zero-order valence-electron chi connectivity index (χ0n) is 9.77. The van der Waals surface area contributed by atoms with Gasteiger partial charge in [0.1, 0.15) is 5.75 Å². The quantitative estimate of drug-likeness (QED) is 0.845. The van der Waals surface area contributed by atoms with Crippen molar-refractivity contribution in [1.82, 2.24) is 0 Å². The van der Waals surface area contributed by atoms with E-state index in [-0.39, 0.29) is 0 Å². The molecule has 0 bridgehead atoms. The molecular weight excluding hydrogens is 248 g/mol. The van der Waals surface area contributed by atoms with E-state index in [1.807, 2.05) is 42.5 Å². The Labute approximate surface area is 111 Å². The second-order valence-electron chi connectivity index (χ2n) is 4.40. The van der Waals surface area contributed by atoms with Crippen molar-refractivity contribution in [1.29, 1.82) is 0 Å². The lowest BCUT2D eigenvalue weighted by Gasteiger charge is -2.24. The molecule has 0 fully saturated rings. The number of hydrogen-bond donors (Lipinski definition) is 1. The van der Waals surface area contributed by atoms with Gasteiger partial charge in [-0.25, -0.2) is 0 Å². The molecule has 1 atom stereocenters. The van der Waals surface area contributed by atoms with Crippen LogP contribution in [0.3, 0.4) is 0 Å². The fourth-order valence-corrected chi connectivity index (χ4v) is 2.52. The highest BCUT2D eigenvalue weighted by Gasteiger charge is 2.22. The van der Waals surface area contributed by atoms with Gasteiger partial charge in [0.05, 0.1) is 17.7 Å². The van der Waals surface area contributed by atoms with E-state index >= 15 is 0 Å². The van der Waals surface area contributed by atoms with Crippen LogP contribution in [0.4, 0.5) is 0 Å². The van der Waals surface area contributed by atoms with E-state index in [1.165, 1.54) is 0 Å². The predicted octanol–water partition coefficient (Wildman–Crippen LogP) is 3.82. The second-order valence-corrected chi connectivity index (χ2v) is 4.80. The summed E-state index contributed by atoms with van der Waals surface area (Å²) in [5.74, 6) is 0.620. The van der Waals surface area contributed by atoms with Gasteiger partial charge in [-0.05, 0) is 23.3 Å². The average molecular weight is 261 g/mol. The molecule has 0 saturated carbocycles. The molecule has 0 aliphatic carbocycles. The lowest BCUT2D eigenvalue weighted by atomic mass is 9.97. The monoisotopic (exact) mass is 260 g/mol. The molecule has 0 aromatic heterocycles. The lowest BCUT2D eigenvalue weighted by molar-refractivity contribution is 0.115. The molecule has 0 spiro atoms. The van der Waals surface area contributed by atoms with Crippen LogP contribution in [0.5, 0.6) is 5.75 Å². The molecule has 3 rings (SSSR count). The van der Waals surface area contributed by atoms with Gasteiger partial charge in [-0.15, -0.1) is 0 Å². The summed E-state index contributed by atoms with van der Waals surface area (Å²) in [4.78, 5) is 0. The minimum Gasteiger partial charge on any atom is -0.492 e. The highest BCUT2D eigenvalue weighted by molar-refractivity contribution is 6.32. The molecule has 0 amide bonds. The number of aliphatic hydroxyl groups excluding tert-OH is 1. The van der Waals surface area contributed by atoms with E-state index in [0.717, 1.165) is 16.7 Å². The third-order valence-electron chi connectivity index (χ3n) is 3.18. The van der Waals surface area contributed by atoms with Crippen LogP contribution in [0.1, 0.15) is 18.1 Å². The number of ether oxygens (including phenoxy) is 1. The molecule has 2 nitrogen and oxygen atoms in total. The van der Waals surface area contributed by atoms with E-state index < -0.39 is 6.10 Å². The van der Waals surface area contributed by atoms with Gasteiger partial charge in [-0.1, -0.05) is 41.9 Å². The Morgan fingerprint density at radius 1 is 1.11 bits per heavy atom. The Kier molecular flexibility index (Phi) is 2.98. The summed E-state index contributed by atoms with van der Waals surface area (Å²) >= 11 is 6.23. The van der Waals surface area contributed by atoms with E-state index in [9.17, 15) is 5.11 Å². The maximum atomic E-state index is 10.0. The summed E-state index contributed by atoms with van der Waals surface area (Å²) < 4.78 is 5.52. The first-order chi connectivity index (χ1) is 8.75. The first-order valence-corrected chi connectivity index (χ1v) is 6.33. The van der Waals surface area contributed by atoms with Crippen LogP contribution in [0, 0.1) is 0 Å². The van der Waals surface area contributed by atoms with Crippen molar-refractivity contribution in [2.45, 2.75) is 12.5 Å². The molecule has 1 aliphatic heterocycles. The standard InChI is InChI=1S/C15H13ClO2/c16-13-9-11(10-4-2-1-3-5-10)8-12-14(17)6-7-18-15(12)13/h1-5,8-9,14,17H,6-7H2. The van der Waals surface area contributed by atoms with Crippen LogP contribution in [0.2, 0.25) is 5.02 Å². The molecule has 3 heteroatoms. The smallest absolute Gasteiger partial charge is 0.143 e. The van der Waals surface area contributed by atoms with Crippen molar-refractivity contribution >= 4 is 11.6 Å². The molecule has 1 N–H and O–H groups in total. The summed E-state index contributed by atoms with van der Waals surface area (Å²) in [5.41, 5.74) is 2.87. The van der Waals surface area contributed by atoms with Gasteiger partial charge in [-0.2, -0.15) is 0 Å². The van der Waals surface area contributed by atoms with Crippen LogP contribution in [0.25, 0.3) is 11.1 Å². The Morgan fingerprint density at radius 2 is 1.89 bits per heavy atom. The van der Waals surface area contributed by atoms with Gasteiger partial charge in [0.2, 0.25) is 0 Å². The van der Waals surface area contributed by atoms with Crippen molar-refractivity contribution in [3.8, 4) is 16.9 Å². The minimum absolute atomic E-state index is 0.491. The third kappa shape index (κ3) is 1.98. The number of benzene rings is 2. The summed E-state index contributed by atoms with van der Waals surface area (Å²) in [7, 11) is 0. The van der Waals surface area contributed by atoms with Gasteiger partial charge < -0.3 is 9.84 Å². The molecule has 0 saturated heterocycles. The van der Waals surface area contributed by atoms with Crippen LogP contribution >= 0.6 is 11.6 Å². The zero-order valence-corrected chi connectivity index (χ0v) is 10.5. The van der Waals surface area contributed by atoms with Crippen molar-refractivity contribution in [2.75, 3.05) is 6.61 Å². The van der Waals surface area contributed by atoms with Gasteiger partial charge in [-0.3, -0.25) is 0 Å². The molecular formula is C15H13ClO2. The van der Waals surface area contributed by atoms with Gasteiger partial charge in [0, 0.05) is 12.0 Å². The molecule has 18 heavy (non-hydrogen) atoms. The maximum absolute atomic E-state index is 10.0. The van der Waals surface area contributed by atoms with E-state index in [1.54, 1.807) is 0 Å². The van der Waals surface area contributed by atoms with E-state index in [2.05, 4.69) is 0 Å². The molecule has 2 aromatic rings. The molecule has 1 aliphatic rings. The fraction of sp³-hybridized carbons (Fsp3) is 0.200. The molecule has 2 aromatic carbocycles. The number of fused-ring (bicyclic) bond motifs is 1. The Balaban J connectivity index is 2.14. The van der Waals surface area contributed by atoms with Crippen molar-refractivity contribution in [3.05, 3.63) is 53.1 Å². The maximum Gasteiger partial charge on any atom is 0.143 e. The molecule has 92 valence electrons. The Morgan fingerprint density at radius 3 is 2.67 bits per heavy atom. The first kappa shape index (κ1) is 11.6. The predicted molar refractivity (Wildman–Crippen MR) is 72.0 cm³/mol. The van der Waals surface area contributed by atoms with Crippen molar-refractivity contribution in [3.63, 3.8) is 0 Å². The van der Waals surface area contributed by atoms with Crippen molar-refractivity contribution < 1.29 is 9.84 Å². The number of aliphatic hydroxyl groups is 1. The van der Waals surface area contributed by atoms with Crippen molar-refractivity contribution in [2.24, 2.45) is 0 Å². The normalized spacial score (nSPS) is 18.0. The third-order valence-corrected chi connectivity index (χ3v) is 3.46. The van der Waals surface area contributed by atoms with Gasteiger partial charge in [0.15, 0.2) is 0 Å². The zero-order chi connectivity index (χ0) is 12.5. The van der Waals surface area contributed by atoms with E-state index in [4.69, 9.17) is 16.3 Å². The number of hydrogen-bond acceptors (Lipinski definition) is 2. The van der Waals surface area contributed by atoms with Gasteiger partial charge >= 0.3 is 0 Å². The number of halogens is 1. The largest absolute Gasteiger partial charge is 0.492 e. The van der Waals surface area contributed by atoms with Gasteiger partial charge in [0.25, 0.3) is 0 Å². The van der Waals surface area contributed by atoms with Crippen LogP contribution < -0.4 is 4.74 Å². The van der Waals surface area contributed by atoms with Crippen LogP contribution in [-0.2, 0) is 0 Å². The topological polar surface area (TPSA) is 29.5 Å². The van der Waals surface area contributed by atoms with Crippen LogP contribution in [-0.4, -0.2) is 11.7 Å².